The van der Waals surface area contributed by atoms with Gasteiger partial charge in [0.25, 0.3) is 0 Å². The monoisotopic (exact) mass is 1310 g/mol. The molecule has 3 atom stereocenters. The maximum absolute atomic E-state index is 14.9. The molecule has 0 heterocycles. The van der Waals surface area contributed by atoms with Crippen LogP contribution in [0.3, 0.4) is 0 Å². The van der Waals surface area contributed by atoms with Crippen molar-refractivity contribution in [1.82, 2.24) is 31.5 Å². The lowest BCUT2D eigenvalue weighted by molar-refractivity contribution is -0.145. The Labute approximate surface area is 556 Å². The van der Waals surface area contributed by atoms with Crippen molar-refractivity contribution in [2.75, 3.05) is 58.2 Å². The second-order valence-electron chi connectivity index (χ2n) is 23.5. The van der Waals surface area contributed by atoms with Gasteiger partial charge in [0.2, 0.25) is 23.6 Å². The number of hydrogen-bond acceptors (Lipinski definition) is 15. The van der Waals surface area contributed by atoms with Crippen molar-refractivity contribution < 1.29 is 62.0 Å². The van der Waals surface area contributed by atoms with E-state index in [9.17, 15) is 38.4 Å². The number of amides is 7. The van der Waals surface area contributed by atoms with Crippen LogP contribution in [0.2, 0.25) is 0 Å². The van der Waals surface area contributed by atoms with Crippen molar-refractivity contribution in [1.29, 1.82) is 0 Å². The van der Waals surface area contributed by atoms with Gasteiger partial charge in [-0.3, -0.25) is 24.0 Å². The quantitative estimate of drug-likeness (QED) is 0.0102. The zero-order valence-corrected chi connectivity index (χ0v) is 54.0. The minimum atomic E-state index is -1.34. The van der Waals surface area contributed by atoms with E-state index in [1.807, 2.05) is 146 Å². The molecule has 494 valence electrons. The number of methoxy groups -OCH3 is 1. The van der Waals surface area contributed by atoms with Gasteiger partial charge in [0.1, 0.15) is 50.3 Å². The lowest BCUT2D eigenvalue weighted by Gasteiger charge is -2.26. The van der Waals surface area contributed by atoms with Crippen LogP contribution in [0.15, 0.2) is 170 Å². The molecular weight excluding hydrogens is 1230 g/mol. The van der Waals surface area contributed by atoms with Crippen LogP contribution >= 0.6 is 11.8 Å². The number of esters is 1. The maximum Gasteiger partial charge on any atom is 0.419 e. The molecule has 0 bridgehead atoms. The summed E-state index contributed by atoms with van der Waals surface area (Å²) >= 11 is 1.16. The summed E-state index contributed by atoms with van der Waals surface area (Å²) in [4.78, 5) is 112. The van der Waals surface area contributed by atoms with Gasteiger partial charge in [-0.1, -0.05) is 158 Å². The first kappa shape index (κ1) is 67.9. The first-order valence-corrected chi connectivity index (χ1v) is 33.2. The molecule has 0 aromatic heterocycles. The predicted octanol–water partition coefficient (Wildman–Crippen LogP) is 10.4. The Morgan fingerprint density at radius 1 is 0.484 bits per heavy atom. The summed E-state index contributed by atoms with van der Waals surface area (Å²) < 4.78 is 28.7. The molecule has 3 aliphatic carbocycles. The van der Waals surface area contributed by atoms with Crippen molar-refractivity contribution in [2.45, 2.75) is 94.4 Å². The average Bonchev–Trinajstić information content (AvgIpc) is 1.64. The molecule has 7 aromatic rings. The number of nitrogens with zero attached hydrogens (tertiary/aromatic N) is 1. The summed E-state index contributed by atoms with van der Waals surface area (Å²) in [5.41, 5.74) is 18.7. The highest BCUT2D eigenvalue weighted by molar-refractivity contribution is 7.99. The number of nitrogens with two attached hydrogens (primary N) is 1. The van der Waals surface area contributed by atoms with E-state index < -0.39 is 60.1 Å². The molecule has 7 aromatic carbocycles. The van der Waals surface area contributed by atoms with E-state index >= 15 is 0 Å². The van der Waals surface area contributed by atoms with Gasteiger partial charge in [-0.15, -0.1) is 11.8 Å². The van der Waals surface area contributed by atoms with E-state index in [0.717, 1.165) is 89.0 Å². The third kappa shape index (κ3) is 17.2. The first-order chi connectivity index (χ1) is 46.3. The fourth-order valence-corrected chi connectivity index (χ4v) is 13.4. The molecule has 0 saturated carbocycles. The number of ether oxygens (including phenoxy) is 5. The van der Waals surface area contributed by atoms with E-state index in [4.69, 9.17) is 29.4 Å². The molecule has 0 fully saturated rings. The fourth-order valence-electron chi connectivity index (χ4n) is 12.5. The van der Waals surface area contributed by atoms with Crippen LogP contribution in [0.1, 0.15) is 109 Å². The zero-order chi connectivity index (χ0) is 66.6. The van der Waals surface area contributed by atoms with Crippen molar-refractivity contribution in [3.8, 4) is 39.1 Å². The summed E-state index contributed by atoms with van der Waals surface area (Å²) in [6.45, 7) is 1.09. The Balaban J connectivity index is 0.846. The Kier molecular flexibility index (Phi) is 23.7. The third-order valence-corrected chi connectivity index (χ3v) is 18.2. The summed E-state index contributed by atoms with van der Waals surface area (Å²) in [7, 11) is 1.55. The number of unbranched alkanes of at least 4 members (excludes halogenated alkanes) is 2. The number of carbonyl (C=O) groups excluding carboxylic acids is 8. The standard InChI is InChI=1S/C74H79N7O13S/c1-47(82)77-46-95-45-67(69(84)76-39-37-68(83)91-41-48-33-35-49(90-2)36-34-48)79-70(85)65(31-15-17-38-75)78-71(86)66(80-72(87)92-42-62-56-25-9-3-19-50(56)51-20-4-10-26-57(51)62)32-16-18-40-81(73(88)93-43-63-58-27-11-5-21-52(58)53-22-6-12-28-59(53)63)74(89)94-44-64-60-29-13-7-23-54(60)55-24-8-14-30-61(55)64/h3-14,19-30,33-36,62-67H,15-18,31-32,37-46,75H2,1-2H3,(H,76,84)(H,77,82)(H,78,86)(H,79,85)(H,80,87)/t65-,66-,67-/m0/s1. The average molecular weight is 1310 g/mol. The van der Waals surface area contributed by atoms with Crippen LogP contribution in [0.5, 0.6) is 5.75 Å². The molecule has 7 amide bonds. The lowest BCUT2D eigenvalue weighted by atomic mass is 9.98. The minimum absolute atomic E-state index is 0.000491. The van der Waals surface area contributed by atoms with Crippen molar-refractivity contribution in [2.24, 2.45) is 5.73 Å². The first-order valence-electron chi connectivity index (χ1n) is 32.1. The molecule has 21 heteroatoms. The number of alkyl carbamates (subject to hydrolysis) is 1. The predicted molar refractivity (Wildman–Crippen MR) is 361 cm³/mol. The molecular formula is C74H79N7O13S. The van der Waals surface area contributed by atoms with E-state index in [0.29, 0.717) is 18.6 Å². The molecule has 0 spiro atoms. The summed E-state index contributed by atoms with van der Waals surface area (Å²) in [5.74, 6) is -3.18. The van der Waals surface area contributed by atoms with Crippen LogP contribution < -0.4 is 37.1 Å². The van der Waals surface area contributed by atoms with E-state index in [1.54, 1.807) is 31.4 Å². The normalized spacial score (nSPS) is 13.4. The van der Waals surface area contributed by atoms with Gasteiger partial charge < -0.3 is 56.0 Å². The smallest absolute Gasteiger partial charge is 0.419 e. The molecule has 7 N–H and O–H groups in total. The fraction of sp³-hybridized carbons (Fsp3) is 0.324. The minimum Gasteiger partial charge on any atom is -0.497 e. The second kappa shape index (κ2) is 33.2. The molecule has 3 aliphatic rings. The van der Waals surface area contributed by atoms with Crippen molar-refractivity contribution in [3.05, 3.63) is 209 Å². The van der Waals surface area contributed by atoms with Crippen LogP contribution in [-0.2, 0) is 49.5 Å². The topological polar surface area (TPSA) is 272 Å². The number of fused-ring (bicyclic) bond motifs is 9. The number of nitrogens with one attached hydrogen (secondary N) is 5. The molecule has 0 unspecified atom stereocenters. The number of hydrogen-bond donors (Lipinski definition) is 6. The van der Waals surface area contributed by atoms with E-state index in [1.165, 1.54) is 6.92 Å². The highest BCUT2D eigenvalue weighted by Gasteiger charge is 2.36. The molecule has 0 saturated heterocycles. The van der Waals surface area contributed by atoms with E-state index in [2.05, 4.69) is 26.6 Å². The number of imide groups is 1. The maximum atomic E-state index is 14.9. The number of rotatable bonds is 31. The van der Waals surface area contributed by atoms with Gasteiger partial charge in [-0.05, 0) is 130 Å². The van der Waals surface area contributed by atoms with Crippen molar-refractivity contribution >= 4 is 59.6 Å². The van der Waals surface area contributed by atoms with Gasteiger partial charge in [-0.2, -0.15) is 0 Å². The number of benzene rings is 7. The van der Waals surface area contributed by atoms with Crippen LogP contribution in [0, 0.1) is 0 Å². The lowest BCUT2D eigenvalue weighted by Crippen LogP contribution is -2.57. The Morgan fingerprint density at radius 3 is 1.35 bits per heavy atom. The second-order valence-corrected chi connectivity index (χ2v) is 24.5. The number of carbonyl (C=O) groups is 8. The molecule has 95 heavy (non-hydrogen) atoms. The van der Waals surface area contributed by atoms with E-state index in [-0.39, 0.29) is 113 Å². The zero-order valence-electron chi connectivity index (χ0n) is 53.2. The van der Waals surface area contributed by atoms with Crippen LogP contribution in [0.25, 0.3) is 33.4 Å². The summed E-state index contributed by atoms with van der Waals surface area (Å²) in [6.07, 6.45) is -1.82. The van der Waals surface area contributed by atoms with Gasteiger partial charge in [0, 0.05) is 43.5 Å². The Bertz CT molecular complexity index is 3640. The molecule has 0 radical (unpaired) electrons. The molecule has 0 aliphatic heterocycles. The molecule has 10 rings (SSSR count). The highest BCUT2D eigenvalue weighted by Crippen LogP contribution is 2.47. The van der Waals surface area contributed by atoms with Crippen LogP contribution in [0.4, 0.5) is 14.4 Å². The van der Waals surface area contributed by atoms with Crippen molar-refractivity contribution in [3.63, 3.8) is 0 Å². The van der Waals surface area contributed by atoms with Gasteiger partial charge >= 0.3 is 24.2 Å². The largest absolute Gasteiger partial charge is 0.497 e. The third-order valence-electron chi connectivity index (χ3n) is 17.3. The van der Waals surface area contributed by atoms with Crippen LogP contribution in [-0.4, -0.2) is 129 Å². The van der Waals surface area contributed by atoms with Gasteiger partial charge in [0.05, 0.1) is 19.4 Å². The highest BCUT2D eigenvalue weighted by atomic mass is 32.2. The van der Waals surface area contributed by atoms with Gasteiger partial charge in [-0.25, -0.2) is 19.3 Å². The summed E-state index contributed by atoms with van der Waals surface area (Å²) in [6, 6.07) is 50.6. The van der Waals surface area contributed by atoms with Gasteiger partial charge in [0.15, 0.2) is 0 Å². The molecule has 20 nitrogen and oxygen atoms in total. The SMILES string of the molecule is COc1ccc(COC(=O)CCNC(=O)[C@H](CSCNC(C)=O)NC(=O)[C@H](CCCCN)NC(=O)[C@H](CCCCN(C(=O)OCC2c3ccccc3-c3ccccc32)C(=O)OCC2c3ccccc3-c3ccccc32)NC(=O)OCC2c3ccccc3-c3ccccc32)cc1. The Morgan fingerprint density at radius 2 is 0.905 bits per heavy atom. The Hall–Kier alpha value is -9.99. The number of thioether (sulfide) groups is 1. The summed E-state index contributed by atoms with van der Waals surface area (Å²) in [5, 5.41) is 13.7.